The second kappa shape index (κ2) is 16.8. The Morgan fingerprint density at radius 3 is 2.24 bits per heavy atom. The van der Waals surface area contributed by atoms with Crippen LogP contribution in [0.5, 0.6) is 11.5 Å². The van der Waals surface area contributed by atoms with Crippen molar-refractivity contribution < 1.29 is 43.3 Å². The fraction of sp³-hybridized carbons (Fsp3) is 0.577. The maximum atomic E-state index is 12.9. The van der Waals surface area contributed by atoms with Crippen LogP contribution < -0.4 is 20.7 Å². The average molecular weight is 538 g/mol. The van der Waals surface area contributed by atoms with Crippen LogP contribution in [-0.2, 0) is 39.9 Å². The largest absolute Gasteiger partial charge is 0.504 e. The van der Waals surface area contributed by atoms with Gasteiger partial charge in [0.2, 0.25) is 17.7 Å². The molecule has 212 valence electrons. The third kappa shape index (κ3) is 11.5. The lowest BCUT2D eigenvalue weighted by Crippen LogP contribution is -2.55. The van der Waals surface area contributed by atoms with Crippen LogP contribution in [0.4, 0.5) is 0 Å². The Morgan fingerprint density at radius 2 is 1.63 bits per heavy atom. The van der Waals surface area contributed by atoms with Gasteiger partial charge in [-0.15, -0.1) is 0 Å². The van der Waals surface area contributed by atoms with Crippen LogP contribution in [0.1, 0.15) is 52.5 Å². The van der Waals surface area contributed by atoms with Gasteiger partial charge in [-0.25, -0.2) is 4.79 Å². The number of phenols is 1. The number of nitrogens with one attached hydrogen (secondary N) is 3. The molecule has 4 N–H and O–H groups in total. The van der Waals surface area contributed by atoms with Crippen molar-refractivity contribution in [2.45, 2.75) is 65.5 Å². The van der Waals surface area contributed by atoms with Crippen molar-refractivity contribution in [3.05, 3.63) is 23.8 Å². The fourth-order valence-corrected chi connectivity index (χ4v) is 3.41. The molecule has 12 nitrogen and oxygen atoms in total. The molecule has 38 heavy (non-hydrogen) atoms. The highest BCUT2D eigenvalue weighted by Gasteiger charge is 2.30. The first-order valence-corrected chi connectivity index (χ1v) is 12.6. The lowest BCUT2D eigenvalue weighted by Gasteiger charge is -2.25. The minimum atomic E-state index is -1.09. The molecule has 3 amide bonds. The number of amides is 3. The highest BCUT2D eigenvalue weighted by Crippen LogP contribution is 2.26. The van der Waals surface area contributed by atoms with Crippen LogP contribution in [0.2, 0.25) is 0 Å². The summed E-state index contributed by atoms with van der Waals surface area (Å²) in [6.07, 6.45) is 0.337. The van der Waals surface area contributed by atoms with E-state index in [2.05, 4.69) is 16.0 Å². The topological polar surface area (TPSA) is 169 Å². The molecule has 0 aliphatic carbocycles. The predicted octanol–water partition coefficient (Wildman–Crippen LogP) is 0.982. The van der Waals surface area contributed by atoms with Crippen molar-refractivity contribution in [1.29, 1.82) is 0 Å². The monoisotopic (exact) mass is 537 g/mol. The zero-order valence-electron chi connectivity index (χ0n) is 22.6. The molecule has 12 heteroatoms. The van der Waals surface area contributed by atoms with E-state index in [4.69, 9.17) is 14.2 Å². The molecule has 0 spiro atoms. The summed E-state index contributed by atoms with van der Waals surface area (Å²) in [5.74, 6) is -2.84. The van der Waals surface area contributed by atoms with E-state index in [0.717, 1.165) is 5.56 Å². The maximum Gasteiger partial charge on any atom is 0.328 e. The van der Waals surface area contributed by atoms with Crippen LogP contribution in [0.3, 0.4) is 0 Å². The maximum absolute atomic E-state index is 12.9. The average Bonchev–Trinajstić information content (AvgIpc) is 2.87. The van der Waals surface area contributed by atoms with E-state index < -0.39 is 35.8 Å². The van der Waals surface area contributed by atoms with Gasteiger partial charge in [-0.3, -0.25) is 19.2 Å². The van der Waals surface area contributed by atoms with Crippen LogP contribution in [0.25, 0.3) is 0 Å². The second-order valence-electron chi connectivity index (χ2n) is 8.73. The van der Waals surface area contributed by atoms with E-state index in [9.17, 15) is 29.1 Å². The van der Waals surface area contributed by atoms with Gasteiger partial charge < -0.3 is 35.3 Å². The summed E-state index contributed by atoms with van der Waals surface area (Å²) >= 11 is 0. The normalized spacial score (nSPS) is 12.2. The minimum Gasteiger partial charge on any atom is -0.504 e. The summed E-state index contributed by atoms with van der Waals surface area (Å²) in [6.45, 7) is 6.65. The molecule has 1 aromatic carbocycles. The van der Waals surface area contributed by atoms with Crippen molar-refractivity contribution in [3.8, 4) is 11.5 Å². The zero-order valence-corrected chi connectivity index (χ0v) is 22.6. The molecule has 0 aromatic heterocycles. The van der Waals surface area contributed by atoms with Gasteiger partial charge in [0.15, 0.2) is 11.5 Å². The van der Waals surface area contributed by atoms with E-state index in [0.29, 0.717) is 12.2 Å². The third-order valence-electron chi connectivity index (χ3n) is 5.43. The second-order valence-corrected chi connectivity index (χ2v) is 8.73. The molecule has 0 aliphatic rings. The number of esters is 2. The summed E-state index contributed by atoms with van der Waals surface area (Å²) in [5.41, 5.74) is 0.773. The van der Waals surface area contributed by atoms with E-state index in [-0.39, 0.29) is 56.6 Å². The molecule has 0 saturated heterocycles. The molecular weight excluding hydrogens is 498 g/mol. The van der Waals surface area contributed by atoms with Crippen molar-refractivity contribution in [2.24, 2.45) is 5.92 Å². The van der Waals surface area contributed by atoms with Gasteiger partial charge in [0.05, 0.1) is 26.9 Å². The lowest BCUT2D eigenvalue weighted by molar-refractivity contribution is -0.149. The highest BCUT2D eigenvalue weighted by molar-refractivity contribution is 5.92. The molecule has 0 bridgehead atoms. The van der Waals surface area contributed by atoms with Crippen LogP contribution >= 0.6 is 0 Å². The Bertz CT molecular complexity index is 965. The zero-order chi connectivity index (χ0) is 28.7. The number of rotatable bonds is 16. The molecule has 2 atom stereocenters. The SMILES string of the molecule is CCOC(=O)CC[C@@H](NC(=O)[C@@H](NC(=O)CNC(=O)CCc1ccc(O)c(OC)c1)C(C)C)C(=O)OCC. The van der Waals surface area contributed by atoms with E-state index in [1.54, 1.807) is 39.8 Å². The minimum absolute atomic E-state index is 0.00584. The van der Waals surface area contributed by atoms with Crippen molar-refractivity contribution in [3.63, 3.8) is 0 Å². The molecule has 0 fully saturated rings. The Kier molecular flexibility index (Phi) is 14.3. The van der Waals surface area contributed by atoms with Gasteiger partial charge in [-0.05, 0) is 50.3 Å². The summed E-state index contributed by atoms with van der Waals surface area (Å²) in [4.78, 5) is 61.6. The van der Waals surface area contributed by atoms with Gasteiger partial charge in [0, 0.05) is 12.8 Å². The molecule has 0 unspecified atom stereocenters. The molecule has 0 radical (unpaired) electrons. The van der Waals surface area contributed by atoms with Crippen LogP contribution in [0, 0.1) is 5.92 Å². The first kappa shape index (κ1) is 32.2. The van der Waals surface area contributed by atoms with Crippen molar-refractivity contribution in [1.82, 2.24) is 16.0 Å². The van der Waals surface area contributed by atoms with Crippen LogP contribution in [-0.4, -0.2) is 73.7 Å². The van der Waals surface area contributed by atoms with Crippen LogP contribution in [0.15, 0.2) is 18.2 Å². The van der Waals surface area contributed by atoms with Gasteiger partial charge in [0.25, 0.3) is 0 Å². The quantitative estimate of drug-likeness (QED) is 0.225. The number of carbonyl (C=O) groups is 5. The molecule has 0 aliphatic heterocycles. The number of phenolic OH excluding ortho intramolecular Hbond substituents is 1. The van der Waals surface area contributed by atoms with E-state index in [1.165, 1.54) is 13.2 Å². The summed E-state index contributed by atoms with van der Waals surface area (Å²) in [7, 11) is 1.43. The molecule has 0 heterocycles. The molecule has 1 aromatic rings. The third-order valence-corrected chi connectivity index (χ3v) is 5.43. The number of benzene rings is 1. The standard InChI is InChI=1S/C26H39N3O9/c1-6-37-23(33)13-10-18(26(35)38-7-2)28-25(34)24(16(3)4)29-22(32)15-27-21(31)12-9-17-8-11-19(30)20(14-17)36-5/h8,11,14,16,18,24,30H,6-7,9-10,12-13,15H2,1-5H3,(H,27,31)(H,28,34)(H,29,32)/t18-,24+/m1/s1. The van der Waals surface area contributed by atoms with E-state index >= 15 is 0 Å². The number of ether oxygens (including phenoxy) is 3. The number of methoxy groups -OCH3 is 1. The Labute approximate surface area is 222 Å². The van der Waals surface area contributed by atoms with Crippen molar-refractivity contribution >= 4 is 29.7 Å². The number of carbonyl (C=O) groups excluding carboxylic acids is 5. The highest BCUT2D eigenvalue weighted by atomic mass is 16.5. The first-order valence-electron chi connectivity index (χ1n) is 12.6. The molecule has 1 rings (SSSR count). The molecule has 0 saturated carbocycles. The number of hydrogen-bond acceptors (Lipinski definition) is 9. The number of aryl methyl sites for hydroxylation is 1. The lowest BCUT2D eigenvalue weighted by atomic mass is 10.0. The fourth-order valence-electron chi connectivity index (χ4n) is 3.41. The van der Waals surface area contributed by atoms with Crippen molar-refractivity contribution in [2.75, 3.05) is 26.9 Å². The number of aromatic hydroxyl groups is 1. The Balaban J connectivity index is 2.65. The first-order chi connectivity index (χ1) is 18.0. The van der Waals surface area contributed by atoms with Gasteiger partial charge >= 0.3 is 11.9 Å². The molecular formula is C26H39N3O9. The number of hydrogen-bond donors (Lipinski definition) is 4. The van der Waals surface area contributed by atoms with Gasteiger partial charge in [-0.2, -0.15) is 0 Å². The summed E-state index contributed by atoms with van der Waals surface area (Å²) in [6, 6.07) is 2.67. The summed E-state index contributed by atoms with van der Waals surface area (Å²) in [5, 5.41) is 17.3. The van der Waals surface area contributed by atoms with E-state index in [1.807, 2.05) is 0 Å². The van der Waals surface area contributed by atoms with Gasteiger partial charge in [-0.1, -0.05) is 19.9 Å². The van der Waals surface area contributed by atoms with Gasteiger partial charge in [0.1, 0.15) is 12.1 Å². The predicted molar refractivity (Wildman–Crippen MR) is 137 cm³/mol. The Hall–Kier alpha value is -3.83. The summed E-state index contributed by atoms with van der Waals surface area (Å²) < 4.78 is 14.9. The smallest absolute Gasteiger partial charge is 0.328 e. The Morgan fingerprint density at radius 1 is 0.947 bits per heavy atom.